The number of para-hydroxylation sites is 1. The average molecular weight is 341 g/mol. The van der Waals surface area contributed by atoms with Crippen LogP contribution < -0.4 is 5.32 Å². The van der Waals surface area contributed by atoms with Crippen LogP contribution in [0, 0.1) is 0 Å². The third-order valence-corrected chi connectivity index (χ3v) is 4.08. The summed E-state index contributed by atoms with van der Waals surface area (Å²) in [6, 6.07) is 16.9. The van der Waals surface area contributed by atoms with E-state index in [1.54, 1.807) is 0 Å². The molecular weight excluding hydrogens is 324 g/mol. The zero-order chi connectivity index (χ0) is 14.7. The van der Waals surface area contributed by atoms with E-state index in [0.29, 0.717) is 0 Å². The second-order valence-electron chi connectivity index (χ2n) is 5.01. The Bertz CT molecular complexity index is 768. The fourth-order valence-electron chi connectivity index (χ4n) is 2.54. The molecule has 1 aromatic heterocycles. The van der Waals surface area contributed by atoms with Crippen molar-refractivity contribution in [2.75, 3.05) is 5.32 Å². The van der Waals surface area contributed by atoms with Crippen LogP contribution >= 0.6 is 15.9 Å². The second kappa shape index (κ2) is 6.27. The van der Waals surface area contributed by atoms with Gasteiger partial charge >= 0.3 is 0 Å². The number of benzene rings is 2. The molecule has 0 aliphatic carbocycles. The molecule has 0 fully saturated rings. The van der Waals surface area contributed by atoms with Crippen LogP contribution in [0.2, 0.25) is 0 Å². The number of aromatic nitrogens is 1. The van der Waals surface area contributed by atoms with Crippen LogP contribution in [0.1, 0.15) is 18.1 Å². The van der Waals surface area contributed by atoms with Crippen molar-refractivity contribution in [3.63, 3.8) is 0 Å². The number of nitrogens with zero attached hydrogens (tertiary/aromatic N) is 1. The maximum Gasteiger partial charge on any atom is 0.0934 e. The van der Waals surface area contributed by atoms with Gasteiger partial charge in [-0.15, -0.1) is 0 Å². The van der Waals surface area contributed by atoms with Gasteiger partial charge in [-0.1, -0.05) is 43.3 Å². The molecule has 3 aromatic rings. The van der Waals surface area contributed by atoms with Crippen LogP contribution in [0.3, 0.4) is 0 Å². The predicted molar refractivity (Wildman–Crippen MR) is 92.6 cm³/mol. The van der Waals surface area contributed by atoms with Crippen molar-refractivity contribution >= 4 is 32.5 Å². The Morgan fingerprint density at radius 1 is 1.05 bits per heavy atom. The zero-order valence-electron chi connectivity index (χ0n) is 11.9. The normalized spacial score (nSPS) is 10.8. The van der Waals surface area contributed by atoms with Gasteiger partial charge in [-0.25, -0.2) is 0 Å². The van der Waals surface area contributed by atoms with E-state index in [2.05, 4.69) is 81.7 Å². The summed E-state index contributed by atoms with van der Waals surface area (Å²) in [6.07, 6.45) is 2.89. The minimum Gasteiger partial charge on any atom is -0.379 e. The molecule has 0 radical (unpaired) electrons. The number of rotatable bonds is 4. The lowest BCUT2D eigenvalue weighted by atomic mass is 10.1. The van der Waals surface area contributed by atoms with Gasteiger partial charge in [-0.05, 0) is 45.6 Å². The summed E-state index contributed by atoms with van der Waals surface area (Å²) in [5, 5.41) is 4.66. The number of anilines is 1. The van der Waals surface area contributed by atoms with Crippen LogP contribution in [0.5, 0.6) is 0 Å². The Balaban J connectivity index is 1.88. The van der Waals surface area contributed by atoms with Crippen LogP contribution in [0.15, 0.2) is 59.2 Å². The van der Waals surface area contributed by atoms with Gasteiger partial charge in [0, 0.05) is 22.6 Å². The first-order valence-corrected chi connectivity index (χ1v) is 7.92. The predicted octanol–water partition coefficient (Wildman–Crippen LogP) is 5.17. The van der Waals surface area contributed by atoms with E-state index >= 15 is 0 Å². The minimum atomic E-state index is 0.820. The smallest absolute Gasteiger partial charge is 0.0934 e. The van der Waals surface area contributed by atoms with Gasteiger partial charge in [0.1, 0.15) is 0 Å². The first-order valence-electron chi connectivity index (χ1n) is 7.13. The molecule has 2 aromatic carbocycles. The number of pyridine rings is 1. The number of halogens is 1. The number of fused-ring (bicyclic) bond motifs is 1. The highest BCUT2D eigenvalue weighted by Gasteiger charge is 2.04. The maximum atomic E-state index is 4.53. The van der Waals surface area contributed by atoms with Crippen molar-refractivity contribution in [2.24, 2.45) is 0 Å². The van der Waals surface area contributed by atoms with E-state index in [9.17, 15) is 0 Å². The lowest BCUT2D eigenvalue weighted by molar-refractivity contribution is 1.04. The summed E-state index contributed by atoms with van der Waals surface area (Å²) in [7, 11) is 0. The number of hydrogen-bond donors (Lipinski definition) is 1. The molecule has 106 valence electrons. The Morgan fingerprint density at radius 2 is 1.86 bits per heavy atom. The highest BCUT2D eigenvalue weighted by Crippen LogP contribution is 2.24. The summed E-state index contributed by atoms with van der Waals surface area (Å²) < 4.78 is 1.00. The number of nitrogens with one attached hydrogen (secondary N) is 1. The van der Waals surface area contributed by atoms with Crippen molar-refractivity contribution in [1.82, 2.24) is 4.98 Å². The molecule has 21 heavy (non-hydrogen) atoms. The summed E-state index contributed by atoms with van der Waals surface area (Å²) >= 11 is 3.47. The van der Waals surface area contributed by atoms with Crippen LogP contribution in [0.4, 0.5) is 5.69 Å². The van der Waals surface area contributed by atoms with Gasteiger partial charge in [0.25, 0.3) is 0 Å². The van der Waals surface area contributed by atoms with Crippen LogP contribution in [0.25, 0.3) is 10.9 Å². The molecule has 1 heterocycles. The van der Waals surface area contributed by atoms with Gasteiger partial charge in [-0.3, -0.25) is 4.98 Å². The molecule has 0 spiro atoms. The largest absolute Gasteiger partial charge is 0.379 e. The second-order valence-corrected chi connectivity index (χ2v) is 5.92. The maximum absolute atomic E-state index is 4.53. The Hall–Kier alpha value is -1.87. The van der Waals surface area contributed by atoms with Gasteiger partial charge in [-0.2, -0.15) is 0 Å². The summed E-state index contributed by atoms with van der Waals surface area (Å²) in [6.45, 7) is 3.01. The zero-order valence-corrected chi connectivity index (χ0v) is 13.5. The quantitative estimate of drug-likeness (QED) is 0.708. The van der Waals surface area contributed by atoms with E-state index in [-0.39, 0.29) is 0 Å². The molecule has 3 heteroatoms. The minimum absolute atomic E-state index is 0.820. The van der Waals surface area contributed by atoms with Crippen molar-refractivity contribution in [2.45, 2.75) is 19.9 Å². The van der Waals surface area contributed by atoms with E-state index in [1.807, 2.05) is 6.20 Å². The Morgan fingerprint density at radius 3 is 2.67 bits per heavy atom. The van der Waals surface area contributed by atoms with Crippen molar-refractivity contribution in [1.29, 1.82) is 0 Å². The van der Waals surface area contributed by atoms with Crippen molar-refractivity contribution in [3.8, 4) is 0 Å². The molecule has 0 aliphatic heterocycles. The first-order chi connectivity index (χ1) is 10.3. The Kier molecular flexibility index (Phi) is 4.20. The fraction of sp³-hybridized carbons (Fsp3) is 0.167. The topological polar surface area (TPSA) is 24.9 Å². The highest BCUT2D eigenvalue weighted by molar-refractivity contribution is 9.10. The molecule has 0 saturated heterocycles. The fourth-order valence-corrected chi connectivity index (χ4v) is 2.89. The number of aryl methyl sites for hydroxylation is 1. The molecule has 3 rings (SSSR count). The number of hydrogen-bond acceptors (Lipinski definition) is 2. The third-order valence-electron chi connectivity index (χ3n) is 3.65. The monoisotopic (exact) mass is 340 g/mol. The first kappa shape index (κ1) is 14.1. The lowest BCUT2D eigenvalue weighted by Crippen LogP contribution is -2.03. The summed E-state index contributed by atoms with van der Waals surface area (Å²) in [5.41, 5.74) is 4.82. The van der Waals surface area contributed by atoms with Gasteiger partial charge in [0.2, 0.25) is 0 Å². The molecule has 0 unspecified atom stereocenters. The van der Waals surface area contributed by atoms with E-state index < -0.39 is 0 Å². The van der Waals surface area contributed by atoms with E-state index in [4.69, 9.17) is 0 Å². The molecule has 2 nitrogen and oxygen atoms in total. The molecule has 0 aliphatic rings. The van der Waals surface area contributed by atoms with E-state index in [1.165, 1.54) is 11.1 Å². The molecule has 0 bridgehead atoms. The standard InChI is InChI=1S/C18H17BrN2/c1-2-13-6-3-4-7-15(13)11-20-17-9-5-8-14-10-16(19)12-21-18(14)17/h3-10,12,20H,2,11H2,1H3. The van der Waals surface area contributed by atoms with E-state index in [0.717, 1.165) is 34.0 Å². The van der Waals surface area contributed by atoms with Crippen molar-refractivity contribution in [3.05, 3.63) is 70.3 Å². The molecule has 1 N–H and O–H groups in total. The van der Waals surface area contributed by atoms with Crippen molar-refractivity contribution < 1.29 is 0 Å². The highest BCUT2D eigenvalue weighted by atomic mass is 79.9. The molecular formula is C18H17BrN2. The lowest BCUT2D eigenvalue weighted by Gasteiger charge is -2.12. The van der Waals surface area contributed by atoms with Crippen LogP contribution in [-0.2, 0) is 13.0 Å². The van der Waals surface area contributed by atoms with Crippen LogP contribution in [-0.4, -0.2) is 4.98 Å². The van der Waals surface area contributed by atoms with Gasteiger partial charge in [0.05, 0.1) is 11.2 Å². The van der Waals surface area contributed by atoms with Gasteiger partial charge < -0.3 is 5.32 Å². The summed E-state index contributed by atoms with van der Waals surface area (Å²) in [4.78, 5) is 4.53. The SMILES string of the molecule is CCc1ccccc1CNc1cccc2cc(Br)cnc12. The molecule has 0 saturated carbocycles. The van der Waals surface area contributed by atoms with Gasteiger partial charge in [0.15, 0.2) is 0 Å². The molecule has 0 amide bonds. The molecule has 0 atom stereocenters. The third kappa shape index (κ3) is 3.08. The summed E-state index contributed by atoms with van der Waals surface area (Å²) in [5.74, 6) is 0. The Labute approximate surface area is 133 Å². The average Bonchev–Trinajstić information content (AvgIpc) is 2.52.